The molecule has 2 aromatic carbocycles. The molecule has 0 aromatic heterocycles. The second kappa shape index (κ2) is 8.77. The molecule has 0 radical (unpaired) electrons. The molecule has 0 heterocycles. The minimum Gasteiger partial charge on any atom is -0.493 e. The van der Waals surface area contributed by atoms with Crippen LogP contribution >= 0.6 is 0 Å². The highest BCUT2D eigenvalue weighted by Gasteiger charge is 2.34. The summed E-state index contributed by atoms with van der Waals surface area (Å²) in [6, 6.07) is 8.66. The summed E-state index contributed by atoms with van der Waals surface area (Å²) in [5, 5.41) is 4.54. The van der Waals surface area contributed by atoms with Crippen molar-refractivity contribution in [3.8, 4) is 5.75 Å². The van der Waals surface area contributed by atoms with Gasteiger partial charge in [0.1, 0.15) is 5.75 Å². The Morgan fingerprint density at radius 3 is 2.32 bits per heavy atom. The number of carbonyl (C=O) groups excluding carboxylic acids is 2. The number of carbonyl (C=O) groups is 2. The van der Waals surface area contributed by atoms with Crippen LogP contribution in [0.15, 0.2) is 36.4 Å². The monoisotopic (exact) mass is 394 g/mol. The highest BCUT2D eigenvalue weighted by atomic mass is 19.4. The van der Waals surface area contributed by atoms with Crippen LogP contribution in [0, 0.1) is 13.8 Å². The lowest BCUT2D eigenvalue weighted by Gasteiger charge is -2.16. The van der Waals surface area contributed by atoms with E-state index in [9.17, 15) is 22.8 Å². The lowest BCUT2D eigenvalue weighted by molar-refractivity contribution is -0.137. The molecule has 0 aliphatic rings. The van der Waals surface area contributed by atoms with Gasteiger partial charge in [-0.15, -0.1) is 0 Å². The number of aryl methyl sites for hydroxylation is 2. The van der Waals surface area contributed by atoms with Gasteiger partial charge in [-0.3, -0.25) is 9.59 Å². The van der Waals surface area contributed by atoms with Gasteiger partial charge in [0.15, 0.2) is 0 Å². The summed E-state index contributed by atoms with van der Waals surface area (Å²) in [5.74, 6) is -0.512. The van der Waals surface area contributed by atoms with Gasteiger partial charge in [0.25, 0.3) is 0 Å². The van der Waals surface area contributed by atoms with Crippen LogP contribution in [0.3, 0.4) is 0 Å². The van der Waals surface area contributed by atoms with Crippen LogP contribution in [0.25, 0.3) is 0 Å². The summed E-state index contributed by atoms with van der Waals surface area (Å²) < 4.78 is 45.3. The first-order valence-corrected chi connectivity index (χ1v) is 8.55. The largest absolute Gasteiger partial charge is 0.493 e. The topological polar surface area (TPSA) is 67.4 Å². The first-order valence-electron chi connectivity index (χ1n) is 8.55. The van der Waals surface area contributed by atoms with E-state index in [0.29, 0.717) is 5.75 Å². The van der Waals surface area contributed by atoms with Gasteiger partial charge in [-0.1, -0.05) is 6.07 Å². The average molecular weight is 394 g/mol. The molecule has 0 saturated carbocycles. The van der Waals surface area contributed by atoms with Crippen LogP contribution < -0.4 is 15.4 Å². The Kier molecular flexibility index (Phi) is 6.66. The molecule has 0 saturated heterocycles. The van der Waals surface area contributed by atoms with Crippen LogP contribution in [-0.2, 0) is 15.8 Å². The average Bonchev–Trinajstić information content (AvgIpc) is 2.58. The van der Waals surface area contributed by atoms with Crippen molar-refractivity contribution in [2.75, 3.05) is 17.2 Å². The standard InChI is InChI=1S/C20H21F3N2O3/c1-12-4-6-16(10-13(12)2)28-9-8-19(27)25-18-7-5-15(24-14(3)26)11-17(18)20(21,22)23/h4-7,10-11H,8-9H2,1-3H3,(H,24,26)(H,25,27). The molecule has 8 heteroatoms. The van der Waals surface area contributed by atoms with Gasteiger partial charge in [-0.2, -0.15) is 13.2 Å². The second-order valence-corrected chi connectivity index (χ2v) is 6.33. The van der Waals surface area contributed by atoms with Gasteiger partial charge in [0.05, 0.1) is 24.3 Å². The zero-order valence-corrected chi connectivity index (χ0v) is 15.7. The van der Waals surface area contributed by atoms with E-state index < -0.39 is 23.6 Å². The Morgan fingerprint density at radius 1 is 1.00 bits per heavy atom. The normalized spacial score (nSPS) is 11.1. The van der Waals surface area contributed by atoms with Crippen molar-refractivity contribution in [3.05, 3.63) is 53.1 Å². The number of benzene rings is 2. The molecule has 2 aromatic rings. The highest BCUT2D eigenvalue weighted by molar-refractivity contribution is 5.93. The Hall–Kier alpha value is -3.03. The van der Waals surface area contributed by atoms with Crippen molar-refractivity contribution >= 4 is 23.2 Å². The quantitative estimate of drug-likeness (QED) is 0.747. The molecule has 0 unspecified atom stereocenters. The van der Waals surface area contributed by atoms with Crippen LogP contribution in [0.4, 0.5) is 24.5 Å². The van der Waals surface area contributed by atoms with Crippen molar-refractivity contribution in [2.24, 2.45) is 0 Å². The number of hydrogen-bond donors (Lipinski definition) is 2. The summed E-state index contributed by atoms with van der Waals surface area (Å²) >= 11 is 0. The third kappa shape index (κ3) is 6.00. The summed E-state index contributed by atoms with van der Waals surface area (Å²) in [5.41, 5.74) is 0.722. The van der Waals surface area contributed by atoms with Gasteiger partial charge in [0.2, 0.25) is 11.8 Å². The molecule has 0 aliphatic heterocycles. The Morgan fingerprint density at radius 2 is 1.71 bits per heavy atom. The number of nitrogens with one attached hydrogen (secondary N) is 2. The van der Waals surface area contributed by atoms with E-state index in [0.717, 1.165) is 23.3 Å². The summed E-state index contributed by atoms with van der Waals surface area (Å²) in [6.45, 7) is 5.11. The maximum atomic E-state index is 13.3. The number of rotatable bonds is 6. The molecular formula is C20H21F3N2O3. The summed E-state index contributed by atoms with van der Waals surface area (Å²) in [7, 11) is 0. The molecule has 0 atom stereocenters. The van der Waals surface area contributed by atoms with Crippen LogP contribution in [0.5, 0.6) is 5.75 Å². The SMILES string of the molecule is CC(=O)Nc1ccc(NC(=O)CCOc2ccc(C)c(C)c2)c(C(F)(F)F)c1. The lowest BCUT2D eigenvalue weighted by Crippen LogP contribution is -2.19. The molecule has 0 fully saturated rings. The Labute approximate surface area is 160 Å². The van der Waals surface area contributed by atoms with Gasteiger partial charge in [0, 0.05) is 12.6 Å². The molecule has 0 bridgehead atoms. The third-order valence-corrected chi connectivity index (χ3v) is 4.00. The number of hydrogen-bond acceptors (Lipinski definition) is 3. The zero-order chi connectivity index (χ0) is 20.9. The fourth-order valence-corrected chi connectivity index (χ4v) is 2.45. The summed E-state index contributed by atoms with van der Waals surface area (Å²) in [6.07, 6.45) is -4.80. The summed E-state index contributed by atoms with van der Waals surface area (Å²) in [4.78, 5) is 23.1. The van der Waals surface area contributed by atoms with E-state index in [1.807, 2.05) is 26.0 Å². The zero-order valence-electron chi connectivity index (χ0n) is 15.7. The van der Waals surface area contributed by atoms with E-state index in [1.54, 1.807) is 6.07 Å². The Balaban J connectivity index is 2.02. The van der Waals surface area contributed by atoms with Gasteiger partial charge >= 0.3 is 6.18 Å². The van der Waals surface area contributed by atoms with E-state index in [2.05, 4.69) is 10.6 Å². The number of halogens is 3. The maximum absolute atomic E-state index is 13.3. The highest BCUT2D eigenvalue weighted by Crippen LogP contribution is 2.36. The number of anilines is 2. The van der Waals surface area contributed by atoms with E-state index in [1.165, 1.54) is 13.0 Å². The predicted molar refractivity (Wildman–Crippen MR) is 100 cm³/mol. The second-order valence-electron chi connectivity index (χ2n) is 6.33. The molecule has 0 aliphatic carbocycles. The van der Waals surface area contributed by atoms with Crippen molar-refractivity contribution in [1.82, 2.24) is 0 Å². The number of alkyl halides is 3. The van der Waals surface area contributed by atoms with Crippen LogP contribution in [0.2, 0.25) is 0 Å². The predicted octanol–water partition coefficient (Wildman–Crippen LogP) is 4.69. The molecule has 150 valence electrons. The fraction of sp³-hybridized carbons (Fsp3) is 0.300. The molecule has 2 amide bonds. The van der Waals surface area contributed by atoms with Gasteiger partial charge < -0.3 is 15.4 Å². The maximum Gasteiger partial charge on any atom is 0.418 e. The van der Waals surface area contributed by atoms with Crippen LogP contribution in [-0.4, -0.2) is 18.4 Å². The first-order chi connectivity index (χ1) is 13.1. The molecule has 2 rings (SSSR count). The van der Waals surface area contributed by atoms with Crippen molar-refractivity contribution in [3.63, 3.8) is 0 Å². The lowest BCUT2D eigenvalue weighted by atomic mass is 10.1. The molecule has 28 heavy (non-hydrogen) atoms. The molecule has 5 nitrogen and oxygen atoms in total. The Bertz CT molecular complexity index is 879. The smallest absolute Gasteiger partial charge is 0.418 e. The minimum atomic E-state index is -4.69. The van der Waals surface area contributed by atoms with E-state index >= 15 is 0 Å². The van der Waals surface area contributed by atoms with Crippen molar-refractivity contribution in [2.45, 2.75) is 33.4 Å². The molecule has 0 spiro atoms. The van der Waals surface area contributed by atoms with Gasteiger partial charge in [-0.25, -0.2) is 0 Å². The van der Waals surface area contributed by atoms with E-state index in [-0.39, 0.29) is 24.4 Å². The van der Waals surface area contributed by atoms with E-state index in [4.69, 9.17) is 4.74 Å². The number of amides is 2. The fourth-order valence-electron chi connectivity index (χ4n) is 2.45. The molecular weight excluding hydrogens is 373 g/mol. The first kappa shape index (κ1) is 21.3. The van der Waals surface area contributed by atoms with Crippen LogP contribution in [0.1, 0.15) is 30.0 Å². The minimum absolute atomic E-state index is 0.00380. The third-order valence-electron chi connectivity index (χ3n) is 4.00. The van der Waals surface area contributed by atoms with Crippen molar-refractivity contribution < 1.29 is 27.5 Å². The van der Waals surface area contributed by atoms with Gasteiger partial charge in [-0.05, 0) is 55.3 Å². The number of ether oxygens (including phenoxy) is 1. The molecule has 2 N–H and O–H groups in total. The van der Waals surface area contributed by atoms with Crippen molar-refractivity contribution in [1.29, 1.82) is 0 Å².